The van der Waals surface area contributed by atoms with Crippen molar-refractivity contribution in [2.24, 2.45) is 5.92 Å². The molecule has 9 heteroatoms. The number of benzene rings is 1. The number of likely N-dealkylation sites (tertiary alicyclic amines) is 1. The number of ether oxygens (including phenoxy) is 2. The van der Waals surface area contributed by atoms with Crippen molar-refractivity contribution < 1.29 is 19.1 Å². The van der Waals surface area contributed by atoms with Gasteiger partial charge in [-0.1, -0.05) is 17.3 Å². The maximum atomic E-state index is 13.0. The Morgan fingerprint density at radius 3 is 2.55 bits per heavy atom. The number of hydrogen-bond donors (Lipinski definition) is 1. The summed E-state index contributed by atoms with van der Waals surface area (Å²) >= 11 is 0. The largest absolute Gasteiger partial charge is 0.497 e. The van der Waals surface area contributed by atoms with Gasteiger partial charge in [0.25, 0.3) is 5.91 Å². The summed E-state index contributed by atoms with van der Waals surface area (Å²) in [4.78, 5) is 27.0. The van der Waals surface area contributed by atoms with E-state index in [-0.39, 0.29) is 36.5 Å². The van der Waals surface area contributed by atoms with Crippen molar-refractivity contribution in [3.63, 3.8) is 0 Å². The third-order valence-corrected chi connectivity index (χ3v) is 5.87. The third kappa shape index (κ3) is 4.56. The summed E-state index contributed by atoms with van der Waals surface area (Å²) in [6.45, 7) is 5.75. The van der Waals surface area contributed by atoms with E-state index in [1.807, 2.05) is 38.1 Å². The van der Waals surface area contributed by atoms with Crippen molar-refractivity contribution in [3.05, 3.63) is 41.2 Å². The molecule has 1 aromatic carbocycles. The molecule has 3 heterocycles. The maximum absolute atomic E-state index is 13.0. The summed E-state index contributed by atoms with van der Waals surface area (Å²) in [6, 6.07) is 7.86. The van der Waals surface area contributed by atoms with Gasteiger partial charge in [0.15, 0.2) is 5.69 Å². The van der Waals surface area contributed by atoms with Crippen LogP contribution in [0.1, 0.15) is 54.5 Å². The van der Waals surface area contributed by atoms with E-state index < -0.39 is 0 Å². The lowest BCUT2D eigenvalue weighted by atomic mass is 9.95. The van der Waals surface area contributed by atoms with Crippen molar-refractivity contribution in [2.75, 3.05) is 20.2 Å². The molecule has 2 aromatic rings. The first-order chi connectivity index (χ1) is 15.0. The second kappa shape index (κ2) is 9.05. The number of fused-ring (bicyclic) bond motifs is 1. The van der Waals surface area contributed by atoms with E-state index in [4.69, 9.17) is 9.47 Å². The molecule has 166 valence electrons. The second-order valence-electron chi connectivity index (χ2n) is 8.37. The molecule has 9 nitrogen and oxygen atoms in total. The predicted octanol–water partition coefficient (Wildman–Crippen LogP) is 1.93. The van der Waals surface area contributed by atoms with E-state index >= 15 is 0 Å². The highest BCUT2D eigenvalue weighted by Gasteiger charge is 2.33. The van der Waals surface area contributed by atoms with Crippen LogP contribution >= 0.6 is 0 Å². The number of carbonyl (C=O) groups is 2. The number of aromatic nitrogens is 3. The Morgan fingerprint density at radius 1 is 1.19 bits per heavy atom. The van der Waals surface area contributed by atoms with Crippen LogP contribution in [0.5, 0.6) is 5.75 Å². The average molecular weight is 428 g/mol. The zero-order valence-electron chi connectivity index (χ0n) is 18.2. The minimum absolute atomic E-state index is 0.0472. The van der Waals surface area contributed by atoms with E-state index in [1.54, 1.807) is 16.7 Å². The Kier molecular flexibility index (Phi) is 6.22. The van der Waals surface area contributed by atoms with E-state index in [2.05, 4.69) is 15.6 Å². The number of nitrogens with zero attached hydrogens (tertiary/aromatic N) is 4. The molecule has 31 heavy (non-hydrogen) atoms. The van der Waals surface area contributed by atoms with Crippen LogP contribution in [0.25, 0.3) is 0 Å². The average Bonchev–Trinajstić information content (AvgIpc) is 3.21. The quantitative estimate of drug-likeness (QED) is 0.783. The molecule has 1 saturated heterocycles. The van der Waals surface area contributed by atoms with Gasteiger partial charge in [-0.15, -0.1) is 5.10 Å². The van der Waals surface area contributed by atoms with Crippen molar-refractivity contribution in [3.8, 4) is 5.75 Å². The van der Waals surface area contributed by atoms with Crippen molar-refractivity contribution in [2.45, 2.75) is 52.0 Å². The lowest BCUT2D eigenvalue weighted by Gasteiger charge is -2.31. The zero-order chi connectivity index (χ0) is 22.0. The molecule has 0 unspecified atom stereocenters. The minimum Gasteiger partial charge on any atom is -0.497 e. The van der Waals surface area contributed by atoms with Gasteiger partial charge in [-0.2, -0.15) is 0 Å². The van der Waals surface area contributed by atoms with Crippen LogP contribution in [0.4, 0.5) is 0 Å². The molecule has 1 aromatic heterocycles. The molecule has 0 spiro atoms. The Hall–Kier alpha value is -2.94. The first kappa shape index (κ1) is 21.3. The lowest BCUT2D eigenvalue weighted by Crippen LogP contribution is -2.44. The second-order valence-corrected chi connectivity index (χ2v) is 8.37. The van der Waals surface area contributed by atoms with Gasteiger partial charge in [0, 0.05) is 25.0 Å². The predicted molar refractivity (Wildman–Crippen MR) is 112 cm³/mol. The van der Waals surface area contributed by atoms with Crippen LogP contribution in [0.2, 0.25) is 0 Å². The molecular weight excluding hydrogens is 398 g/mol. The minimum atomic E-state index is -0.154. The third-order valence-electron chi connectivity index (χ3n) is 5.87. The fourth-order valence-electron chi connectivity index (χ4n) is 4.09. The van der Waals surface area contributed by atoms with E-state index in [0.29, 0.717) is 43.9 Å². The highest BCUT2D eigenvalue weighted by molar-refractivity contribution is 5.93. The normalized spacial score (nSPS) is 19.2. The van der Waals surface area contributed by atoms with Crippen LogP contribution in [0, 0.1) is 5.92 Å². The van der Waals surface area contributed by atoms with Gasteiger partial charge in [-0.25, -0.2) is 4.68 Å². The summed E-state index contributed by atoms with van der Waals surface area (Å²) in [7, 11) is 1.63. The van der Waals surface area contributed by atoms with Gasteiger partial charge >= 0.3 is 0 Å². The number of rotatable bonds is 5. The highest BCUT2D eigenvalue weighted by atomic mass is 16.5. The van der Waals surface area contributed by atoms with Crippen molar-refractivity contribution in [1.29, 1.82) is 0 Å². The summed E-state index contributed by atoms with van der Waals surface area (Å²) in [5.41, 5.74) is 2.07. The smallest absolute Gasteiger partial charge is 0.276 e. The fourth-order valence-corrected chi connectivity index (χ4v) is 4.09. The molecule has 0 bridgehead atoms. The Labute approximate surface area is 181 Å². The Balaban J connectivity index is 1.38. The van der Waals surface area contributed by atoms with Gasteiger partial charge in [0.1, 0.15) is 11.9 Å². The van der Waals surface area contributed by atoms with Crippen LogP contribution in [-0.4, -0.2) is 57.9 Å². The molecule has 1 fully saturated rings. The molecule has 2 amide bonds. The van der Waals surface area contributed by atoms with E-state index in [1.165, 1.54) is 0 Å². The lowest BCUT2D eigenvalue weighted by molar-refractivity contribution is -0.126. The van der Waals surface area contributed by atoms with E-state index in [0.717, 1.165) is 11.3 Å². The Morgan fingerprint density at radius 2 is 1.90 bits per heavy atom. The van der Waals surface area contributed by atoms with Gasteiger partial charge in [-0.05, 0) is 44.4 Å². The van der Waals surface area contributed by atoms with Gasteiger partial charge in [-0.3, -0.25) is 9.59 Å². The molecule has 2 aliphatic heterocycles. The van der Waals surface area contributed by atoms with Crippen LogP contribution in [0.3, 0.4) is 0 Å². The van der Waals surface area contributed by atoms with Gasteiger partial charge < -0.3 is 19.7 Å². The van der Waals surface area contributed by atoms with E-state index in [9.17, 15) is 9.59 Å². The SMILES string of the molecule is COc1ccc([C@H]2Cn3nnc(C(=O)N4CCC(C(=O)NC(C)C)CC4)c3CO2)cc1. The molecule has 0 aliphatic carbocycles. The first-order valence-corrected chi connectivity index (χ1v) is 10.7. The van der Waals surface area contributed by atoms with Crippen molar-refractivity contribution in [1.82, 2.24) is 25.2 Å². The number of nitrogens with one attached hydrogen (secondary N) is 1. The van der Waals surface area contributed by atoms with Crippen molar-refractivity contribution >= 4 is 11.8 Å². The van der Waals surface area contributed by atoms with Gasteiger partial charge in [0.05, 0.1) is 26.0 Å². The standard InChI is InChI=1S/C22H29N5O4/c1-14(2)23-21(28)16-8-10-26(11-9-16)22(29)20-18-13-31-19(12-27(18)25-24-20)15-4-6-17(30-3)7-5-15/h4-7,14,16,19H,8-13H2,1-3H3,(H,23,28)/t19-/m1/s1. The summed E-state index contributed by atoms with van der Waals surface area (Å²) in [6.07, 6.45) is 1.16. The molecular formula is C22H29N5O4. The summed E-state index contributed by atoms with van der Waals surface area (Å²) < 4.78 is 13.0. The monoisotopic (exact) mass is 427 g/mol. The summed E-state index contributed by atoms with van der Waals surface area (Å²) in [5.74, 6) is 0.671. The number of carbonyl (C=O) groups excluding carboxylic acids is 2. The topological polar surface area (TPSA) is 98.6 Å². The maximum Gasteiger partial charge on any atom is 0.276 e. The van der Waals surface area contributed by atoms with Crippen LogP contribution in [-0.2, 0) is 22.7 Å². The first-order valence-electron chi connectivity index (χ1n) is 10.7. The summed E-state index contributed by atoms with van der Waals surface area (Å²) in [5, 5.41) is 11.3. The number of amides is 2. The molecule has 2 aliphatic rings. The fraction of sp³-hybridized carbons (Fsp3) is 0.545. The molecule has 1 N–H and O–H groups in total. The number of methoxy groups -OCH3 is 1. The highest BCUT2D eigenvalue weighted by Crippen LogP contribution is 2.29. The molecule has 0 radical (unpaired) electrons. The van der Waals surface area contributed by atoms with Gasteiger partial charge in [0.2, 0.25) is 5.91 Å². The molecule has 4 rings (SSSR count). The Bertz CT molecular complexity index is 932. The zero-order valence-corrected chi connectivity index (χ0v) is 18.2. The molecule has 0 saturated carbocycles. The number of hydrogen-bond acceptors (Lipinski definition) is 6. The van der Waals surface area contributed by atoms with Crippen LogP contribution in [0.15, 0.2) is 24.3 Å². The number of piperidine rings is 1. The molecule has 1 atom stereocenters. The van der Waals surface area contributed by atoms with Crippen LogP contribution < -0.4 is 10.1 Å².